The van der Waals surface area contributed by atoms with Crippen molar-refractivity contribution >= 4 is 12.0 Å². The first-order valence-electron chi connectivity index (χ1n) is 8.09. The highest BCUT2D eigenvalue weighted by Crippen LogP contribution is 2.38. The number of carbonyl (C=O) groups excluding carboxylic acids is 1. The van der Waals surface area contributed by atoms with Crippen LogP contribution in [0.3, 0.4) is 0 Å². The van der Waals surface area contributed by atoms with Crippen molar-refractivity contribution in [1.29, 1.82) is 0 Å². The fourth-order valence-corrected chi connectivity index (χ4v) is 3.31. The van der Waals surface area contributed by atoms with E-state index in [4.69, 9.17) is 9.84 Å². The number of aryl methyl sites for hydroxylation is 1. The topological polar surface area (TPSA) is 78.9 Å². The second-order valence-electron chi connectivity index (χ2n) is 6.29. The van der Waals surface area contributed by atoms with Gasteiger partial charge >= 0.3 is 12.0 Å². The van der Waals surface area contributed by atoms with Crippen LogP contribution in [-0.4, -0.2) is 47.2 Å². The van der Waals surface area contributed by atoms with Crippen LogP contribution in [0.4, 0.5) is 4.79 Å². The number of benzene rings is 1. The normalized spacial score (nSPS) is 22.5. The molecule has 0 radical (unpaired) electrons. The molecule has 1 spiro atoms. The number of carboxylic acid groups (broad SMARTS) is 1. The molecule has 6 nitrogen and oxygen atoms in total. The van der Waals surface area contributed by atoms with Crippen LogP contribution in [0.15, 0.2) is 24.3 Å². The van der Waals surface area contributed by atoms with Gasteiger partial charge in [0.1, 0.15) is 11.4 Å². The van der Waals surface area contributed by atoms with Crippen molar-refractivity contribution in [2.75, 3.05) is 19.6 Å². The molecule has 2 amide bonds. The number of amides is 2. The van der Waals surface area contributed by atoms with E-state index in [0.29, 0.717) is 26.1 Å². The Morgan fingerprint density at radius 3 is 2.96 bits per heavy atom. The van der Waals surface area contributed by atoms with E-state index in [-0.39, 0.29) is 18.1 Å². The molecule has 23 heavy (non-hydrogen) atoms. The number of likely N-dealkylation sites (tertiary alicyclic amines) is 1. The average molecular weight is 318 g/mol. The summed E-state index contributed by atoms with van der Waals surface area (Å²) in [4.78, 5) is 24.4. The summed E-state index contributed by atoms with van der Waals surface area (Å²) in [5, 5.41) is 11.4. The number of rotatable bonds is 4. The van der Waals surface area contributed by atoms with Crippen molar-refractivity contribution in [3.05, 3.63) is 29.8 Å². The molecule has 2 heterocycles. The number of nitrogens with zero attached hydrogens (tertiary/aromatic N) is 1. The molecule has 1 fully saturated rings. The lowest BCUT2D eigenvalue weighted by Gasteiger charge is -2.35. The van der Waals surface area contributed by atoms with Gasteiger partial charge in [0.05, 0.1) is 6.54 Å². The fraction of sp³-hybridized carbons (Fsp3) is 0.529. The summed E-state index contributed by atoms with van der Waals surface area (Å²) in [5.74, 6) is 0.0936. The minimum Gasteiger partial charge on any atom is -0.485 e. The third-order valence-corrected chi connectivity index (χ3v) is 4.60. The van der Waals surface area contributed by atoms with Crippen molar-refractivity contribution in [3.8, 4) is 5.75 Å². The quantitative estimate of drug-likeness (QED) is 0.833. The van der Waals surface area contributed by atoms with E-state index in [1.807, 2.05) is 18.2 Å². The van der Waals surface area contributed by atoms with Crippen LogP contribution in [-0.2, 0) is 11.2 Å². The third-order valence-electron chi connectivity index (χ3n) is 4.60. The lowest BCUT2D eigenvalue weighted by Crippen LogP contribution is -2.45. The number of ether oxygens (including phenoxy) is 1. The van der Waals surface area contributed by atoms with E-state index >= 15 is 0 Å². The Bertz CT molecular complexity index is 604. The van der Waals surface area contributed by atoms with E-state index in [9.17, 15) is 9.59 Å². The molecule has 0 saturated carbocycles. The summed E-state index contributed by atoms with van der Waals surface area (Å²) in [6.45, 7) is 1.65. The van der Waals surface area contributed by atoms with Crippen LogP contribution in [0, 0.1) is 0 Å². The van der Waals surface area contributed by atoms with Crippen LogP contribution >= 0.6 is 0 Å². The molecule has 0 bridgehead atoms. The van der Waals surface area contributed by atoms with Crippen molar-refractivity contribution in [3.63, 3.8) is 0 Å². The zero-order valence-corrected chi connectivity index (χ0v) is 13.1. The van der Waals surface area contributed by atoms with Gasteiger partial charge in [-0.15, -0.1) is 0 Å². The van der Waals surface area contributed by atoms with Gasteiger partial charge in [0.25, 0.3) is 0 Å². The maximum Gasteiger partial charge on any atom is 0.317 e. The molecule has 2 N–H and O–H groups in total. The Labute approximate surface area is 135 Å². The molecule has 6 heteroatoms. The second kappa shape index (κ2) is 6.48. The van der Waals surface area contributed by atoms with Gasteiger partial charge < -0.3 is 20.1 Å². The van der Waals surface area contributed by atoms with E-state index in [0.717, 1.165) is 25.0 Å². The lowest BCUT2D eigenvalue weighted by molar-refractivity contribution is -0.137. The average Bonchev–Trinajstić information content (AvgIpc) is 2.95. The number of aliphatic carboxylic acids is 1. The molecular formula is C17H22N2O4. The van der Waals surface area contributed by atoms with Gasteiger partial charge in [0.15, 0.2) is 0 Å². The fourth-order valence-electron chi connectivity index (χ4n) is 3.31. The van der Waals surface area contributed by atoms with Crippen molar-refractivity contribution in [2.24, 2.45) is 0 Å². The molecule has 1 aromatic rings. The minimum absolute atomic E-state index is 0.0735. The molecule has 1 aromatic carbocycles. The Balaban J connectivity index is 1.52. The van der Waals surface area contributed by atoms with Gasteiger partial charge in [0.2, 0.25) is 0 Å². The summed E-state index contributed by atoms with van der Waals surface area (Å²) in [7, 11) is 0. The SMILES string of the molecule is O=C(O)CCCNC(=O)N1CCC2(CCc3ccccc3O2)C1. The number of urea groups is 1. The molecule has 1 unspecified atom stereocenters. The predicted octanol–water partition coefficient (Wildman–Crippen LogP) is 2.03. The van der Waals surface area contributed by atoms with Crippen LogP contribution in [0.25, 0.3) is 0 Å². The van der Waals surface area contributed by atoms with Crippen LogP contribution < -0.4 is 10.1 Å². The van der Waals surface area contributed by atoms with Crippen LogP contribution in [0.2, 0.25) is 0 Å². The van der Waals surface area contributed by atoms with E-state index in [1.54, 1.807) is 4.90 Å². The number of fused-ring (bicyclic) bond motifs is 1. The van der Waals surface area contributed by atoms with Gasteiger partial charge in [-0.25, -0.2) is 4.79 Å². The highest BCUT2D eigenvalue weighted by atomic mass is 16.5. The Morgan fingerprint density at radius 2 is 2.13 bits per heavy atom. The molecule has 1 saturated heterocycles. The number of hydrogen-bond acceptors (Lipinski definition) is 3. The summed E-state index contributed by atoms with van der Waals surface area (Å²) in [6.07, 6.45) is 3.26. The van der Waals surface area contributed by atoms with Crippen LogP contribution in [0.1, 0.15) is 31.2 Å². The zero-order valence-electron chi connectivity index (χ0n) is 13.1. The Morgan fingerprint density at radius 1 is 1.30 bits per heavy atom. The summed E-state index contributed by atoms with van der Waals surface area (Å²) in [5.41, 5.74) is 0.960. The van der Waals surface area contributed by atoms with Crippen molar-refractivity contribution in [1.82, 2.24) is 10.2 Å². The minimum atomic E-state index is -0.839. The standard InChI is InChI=1S/C17H22N2O4/c20-15(21)6-3-10-18-16(22)19-11-9-17(12-19)8-7-13-4-1-2-5-14(13)23-17/h1-2,4-5H,3,6-12H2,(H,18,22)(H,20,21). The maximum atomic E-state index is 12.2. The first-order chi connectivity index (χ1) is 11.1. The third kappa shape index (κ3) is 3.57. The van der Waals surface area contributed by atoms with Crippen LogP contribution in [0.5, 0.6) is 5.75 Å². The summed E-state index contributed by atoms with van der Waals surface area (Å²) < 4.78 is 6.22. The number of carbonyl (C=O) groups is 2. The highest BCUT2D eigenvalue weighted by Gasteiger charge is 2.43. The molecule has 0 aromatic heterocycles. The summed E-state index contributed by atoms with van der Waals surface area (Å²) >= 11 is 0. The van der Waals surface area contributed by atoms with E-state index < -0.39 is 5.97 Å². The van der Waals surface area contributed by atoms with Crippen molar-refractivity contribution < 1.29 is 19.4 Å². The summed E-state index contributed by atoms with van der Waals surface area (Å²) in [6, 6.07) is 7.94. The molecular weight excluding hydrogens is 296 g/mol. The first-order valence-corrected chi connectivity index (χ1v) is 8.09. The number of nitrogens with one attached hydrogen (secondary N) is 1. The van der Waals surface area contributed by atoms with Crippen molar-refractivity contribution in [2.45, 2.75) is 37.7 Å². The number of carboxylic acids is 1. The van der Waals surface area contributed by atoms with Gasteiger partial charge in [-0.05, 0) is 30.9 Å². The molecule has 0 aliphatic carbocycles. The molecule has 2 aliphatic rings. The van der Waals surface area contributed by atoms with Gasteiger partial charge in [-0.3, -0.25) is 4.79 Å². The smallest absolute Gasteiger partial charge is 0.317 e. The number of para-hydroxylation sites is 1. The lowest BCUT2D eigenvalue weighted by atomic mass is 9.90. The first kappa shape index (κ1) is 15.6. The predicted molar refractivity (Wildman–Crippen MR) is 84.6 cm³/mol. The second-order valence-corrected chi connectivity index (χ2v) is 6.29. The monoisotopic (exact) mass is 318 g/mol. The van der Waals surface area contributed by atoms with E-state index in [1.165, 1.54) is 5.56 Å². The Hall–Kier alpha value is -2.24. The number of hydrogen-bond donors (Lipinski definition) is 2. The van der Waals surface area contributed by atoms with Gasteiger partial charge in [-0.2, -0.15) is 0 Å². The highest BCUT2D eigenvalue weighted by molar-refractivity contribution is 5.74. The maximum absolute atomic E-state index is 12.2. The zero-order chi connectivity index (χ0) is 16.3. The van der Waals surface area contributed by atoms with Gasteiger partial charge in [-0.1, -0.05) is 18.2 Å². The molecule has 1 atom stereocenters. The largest absolute Gasteiger partial charge is 0.485 e. The molecule has 124 valence electrons. The Kier molecular flexibility index (Phi) is 4.41. The van der Waals surface area contributed by atoms with Gasteiger partial charge in [0, 0.05) is 25.9 Å². The van der Waals surface area contributed by atoms with E-state index in [2.05, 4.69) is 11.4 Å². The molecule has 3 rings (SSSR count). The molecule has 2 aliphatic heterocycles.